The average Bonchev–Trinajstić information content (AvgIpc) is 2.69. The van der Waals surface area contributed by atoms with Gasteiger partial charge in [-0.25, -0.2) is 24.3 Å². The van der Waals surface area contributed by atoms with Gasteiger partial charge >= 0.3 is 0 Å². The fourth-order valence-electron chi connectivity index (χ4n) is 1.84. The minimum atomic E-state index is -0.632. The molecule has 0 saturated carbocycles. The number of nitrogens with one attached hydrogen (secondary N) is 1. The third-order valence-electron chi connectivity index (χ3n) is 2.66. The lowest BCUT2D eigenvalue weighted by Gasteiger charge is -2.01. The van der Waals surface area contributed by atoms with Crippen LogP contribution in [-0.2, 0) is 0 Å². The molecular formula is C11H9FN6. The van der Waals surface area contributed by atoms with Crippen molar-refractivity contribution >= 4 is 16.9 Å². The van der Waals surface area contributed by atoms with Gasteiger partial charge in [0.05, 0.1) is 11.8 Å². The van der Waals surface area contributed by atoms with E-state index in [0.717, 1.165) is 22.8 Å². The van der Waals surface area contributed by atoms with E-state index in [1.807, 2.05) is 6.92 Å². The Labute approximate surface area is 101 Å². The molecular weight excluding hydrogens is 235 g/mol. The first-order valence-corrected chi connectivity index (χ1v) is 5.23. The standard InChI is InChI=1S/C11H9FN6/c1-5-8(6-2-14-4-16-10(6)17-5)11-15-3-7(12)9(13)18-11/h2-4H,1H3,(H2,13,15,18)(H,14,16,17). The topological polar surface area (TPSA) is 93.4 Å². The van der Waals surface area contributed by atoms with Gasteiger partial charge in [-0.05, 0) is 6.92 Å². The first kappa shape index (κ1) is 10.6. The second-order valence-corrected chi connectivity index (χ2v) is 3.84. The van der Waals surface area contributed by atoms with Crippen molar-refractivity contribution in [1.29, 1.82) is 0 Å². The molecule has 6 nitrogen and oxygen atoms in total. The van der Waals surface area contributed by atoms with Crippen molar-refractivity contribution in [1.82, 2.24) is 24.9 Å². The molecule has 0 aliphatic carbocycles. The summed E-state index contributed by atoms with van der Waals surface area (Å²) in [6.45, 7) is 1.86. The highest BCUT2D eigenvalue weighted by Gasteiger charge is 2.15. The zero-order valence-corrected chi connectivity index (χ0v) is 9.48. The second-order valence-electron chi connectivity index (χ2n) is 3.84. The molecule has 18 heavy (non-hydrogen) atoms. The van der Waals surface area contributed by atoms with Gasteiger partial charge in [-0.2, -0.15) is 0 Å². The quantitative estimate of drug-likeness (QED) is 0.675. The van der Waals surface area contributed by atoms with Gasteiger partial charge in [0.1, 0.15) is 12.0 Å². The predicted octanol–water partition coefficient (Wildman–Crippen LogP) is 1.44. The maximum Gasteiger partial charge on any atom is 0.183 e. The number of nitrogen functional groups attached to an aromatic ring is 1. The number of hydrogen-bond acceptors (Lipinski definition) is 5. The molecule has 7 heteroatoms. The number of H-pyrrole nitrogens is 1. The summed E-state index contributed by atoms with van der Waals surface area (Å²) in [7, 11) is 0. The van der Waals surface area contributed by atoms with E-state index in [-0.39, 0.29) is 5.82 Å². The SMILES string of the molecule is Cc1[nH]c2ncncc2c1-c1ncc(F)c(N)n1. The number of aromatic amines is 1. The second kappa shape index (κ2) is 3.73. The highest BCUT2D eigenvalue weighted by Crippen LogP contribution is 2.28. The molecule has 3 aromatic rings. The molecule has 0 radical (unpaired) electrons. The number of nitrogens with zero attached hydrogens (tertiary/aromatic N) is 4. The van der Waals surface area contributed by atoms with Crippen molar-refractivity contribution in [3.05, 3.63) is 30.2 Å². The Kier molecular flexibility index (Phi) is 2.19. The van der Waals surface area contributed by atoms with E-state index in [1.54, 1.807) is 6.20 Å². The minimum Gasteiger partial charge on any atom is -0.381 e. The zero-order valence-electron chi connectivity index (χ0n) is 9.48. The van der Waals surface area contributed by atoms with Crippen molar-refractivity contribution in [2.75, 3.05) is 5.73 Å². The first-order valence-electron chi connectivity index (χ1n) is 5.23. The lowest BCUT2D eigenvalue weighted by atomic mass is 10.2. The van der Waals surface area contributed by atoms with Gasteiger partial charge in [-0.1, -0.05) is 0 Å². The molecule has 0 bridgehead atoms. The van der Waals surface area contributed by atoms with Crippen molar-refractivity contribution in [2.45, 2.75) is 6.92 Å². The van der Waals surface area contributed by atoms with E-state index in [4.69, 9.17) is 5.73 Å². The summed E-state index contributed by atoms with van der Waals surface area (Å²) in [5.74, 6) is -0.453. The fourth-order valence-corrected chi connectivity index (χ4v) is 1.84. The number of anilines is 1. The Morgan fingerprint density at radius 1 is 1.28 bits per heavy atom. The molecule has 0 aromatic carbocycles. The summed E-state index contributed by atoms with van der Waals surface area (Å²) >= 11 is 0. The molecule has 3 N–H and O–H groups in total. The van der Waals surface area contributed by atoms with Crippen LogP contribution in [0.25, 0.3) is 22.4 Å². The van der Waals surface area contributed by atoms with Gasteiger partial charge in [0.25, 0.3) is 0 Å². The van der Waals surface area contributed by atoms with Crippen molar-refractivity contribution < 1.29 is 4.39 Å². The first-order chi connectivity index (χ1) is 8.66. The van der Waals surface area contributed by atoms with Crippen LogP contribution in [0.3, 0.4) is 0 Å². The van der Waals surface area contributed by atoms with Crippen LogP contribution in [0, 0.1) is 12.7 Å². The van der Waals surface area contributed by atoms with Crippen LogP contribution >= 0.6 is 0 Å². The van der Waals surface area contributed by atoms with Crippen molar-refractivity contribution in [3.8, 4) is 11.4 Å². The number of nitrogens with two attached hydrogens (primary N) is 1. The number of aromatic nitrogens is 5. The van der Waals surface area contributed by atoms with Crippen LogP contribution in [0.15, 0.2) is 18.7 Å². The Morgan fingerprint density at radius 3 is 2.89 bits per heavy atom. The number of hydrogen-bond donors (Lipinski definition) is 2. The third kappa shape index (κ3) is 1.48. The smallest absolute Gasteiger partial charge is 0.183 e. The molecule has 0 aliphatic rings. The molecule has 0 atom stereocenters. The fraction of sp³-hybridized carbons (Fsp3) is 0.0909. The van der Waals surface area contributed by atoms with Crippen molar-refractivity contribution in [2.24, 2.45) is 0 Å². The van der Waals surface area contributed by atoms with Crippen LogP contribution in [0.1, 0.15) is 5.69 Å². The molecule has 3 heterocycles. The van der Waals surface area contributed by atoms with E-state index in [0.29, 0.717) is 11.5 Å². The minimum absolute atomic E-state index is 0.175. The van der Waals surface area contributed by atoms with Gasteiger partial charge in [0.2, 0.25) is 0 Å². The Bertz CT molecular complexity index is 735. The van der Waals surface area contributed by atoms with E-state index >= 15 is 0 Å². The summed E-state index contributed by atoms with van der Waals surface area (Å²) in [5, 5.41) is 0.779. The molecule has 3 rings (SSSR count). The lowest BCUT2D eigenvalue weighted by Crippen LogP contribution is -1.99. The summed E-state index contributed by atoms with van der Waals surface area (Å²) in [5.41, 5.74) is 7.70. The zero-order chi connectivity index (χ0) is 12.7. The number of halogens is 1. The third-order valence-corrected chi connectivity index (χ3v) is 2.66. The van der Waals surface area contributed by atoms with Gasteiger partial charge in [0, 0.05) is 17.3 Å². The van der Waals surface area contributed by atoms with Gasteiger partial charge < -0.3 is 10.7 Å². The van der Waals surface area contributed by atoms with E-state index in [1.165, 1.54) is 6.33 Å². The van der Waals surface area contributed by atoms with Gasteiger partial charge in [-0.15, -0.1) is 0 Å². The highest BCUT2D eigenvalue weighted by molar-refractivity contribution is 5.93. The Morgan fingerprint density at radius 2 is 2.11 bits per heavy atom. The van der Waals surface area contributed by atoms with Gasteiger partial charge in [0.15, 0.2) is 17.5 Å². The maximum atomic E-state index is 13.1. The summed E-state index contributed by atoms with van der Waals surface area (Å²) < 4.78 is 13.1. The summed E-state index contributed by atoms with van der Waals surface area (Å²) in [4.78, 5) is 19.0. The normalized spacial score (nSPS) is 11.0. The highest BCUT2D eigenvalue weighted by atomic mass is 19.1. The molecule has 0 unspecified atom stereocenters. The summed E-state index contributed by atoms with van der Waals surface area (Å²) in [6, 6.07) is 0. The molecule has 0 fully saturated rings. The Balaban J connectivity index is 2.30. The number of rotatable bonds is 1. The molecule has 0 spiro atoms. The molecule has 90 valence electrons. The maximum absolute atomic E-state index is 13.1. The number of aryl methyl sites for hydroxylation is 1. The Hall–Kier alpha value is -2.57. The van der Waals surface area contributed by atoms with Crippen LogP contribution in [0.5, 0.6) is 0 Å². The van der Waals surface area contributed by atoms with Crippen LogP contribution < -0.4 is 5.73 Å². The van der Waals surface area contributed by atoms with Crippen LogP contribution in [0.2, 0.25) is 0 Å². The monoisotopic (exact) mass is 244 g/mol. The molecule has 0 amide bonds. The predicted molar refractivity (Wildman–Crippen MR) is 64.0 cm³/mol. The van der Waals surface area contributed by atoms with Crippen LogP contribution in [0.4, 0.5) is 10.2 Å². The number of fused-ring (bicyclic) bond motifs is 1. The lowest BCUT2D eigenvalue weighted by molar-refractivity contribution is 0.620. The van der Waals surface area contributed by atoms with Crippen molar-refractivity contribution in [3.63, 3.8) is 0 Å². The summed E-state index contributed by atoms with van der Waals surface area (Å²) in [6.07, 6.45) is 4.16. The van der Waals surface area contributed by atoms with E-state index < -0.39 is 5.82 Å². The molecule has 3 aromatic heterocycles. The van der Waals surface area contributed by atoms with E-state index in [2.05, 4.69) is 24.9 Å². The molecule has 0 aliphatic heterocycles. The average molecular weight is 244 g/mol. The van der Waals surface area contributed by atoms with Gasteiger partial charge in [-0.3, -0.25) is 0 Å². The largest absolute Gasteiger partial charge is 0.381 e. The van der Waals surface area contributed by atoms with Crippen LogP contribution in [-0.4, -0.2) is 24.9 Å². The molecule has 0 saturated heterocycles. The van der Waals surface area contributed by atoms with E-state index in [9.17, 15) is 4.39 Å².